The quantitative estimate of drug-likeness (QED) is 0.378. The molecule has 2 aromatic heterocycles. The van der Waals surface area contributed by atoms with Gasteiger partial charge in [0.2, 0.25) is 10.0 Å². The van der Waals surface area contributed by atoms with Crippen LogP contribution in [0.1, 0.15) is 44.3 Å². The fraction of sp³-hybridized carbons (Fsp3) is 0.450. The molecule has 0 saturated heterocycles. The van der Waals surface area contributed by atoms with Crippen molar-refractivity contribution in [3.63, 3.8) is 0 Å². The minimum absolute atomic E-state index is 0.279. The van der Waals surface area contributed by atoms with Gasteiger partial charge in [-0.1, -0.05) is 31.7 Å². The van der Waals surface area contributed by atoms with Crippen LogP contribution in [0.5, 0.6) is 0 Å². The first kappa shape index (κ1) is 21.1. The van der Waals surface area contributed by atoms with Crippen LogP contribution < -0.4 is 0 Å². The molecule has 1 fully saturated rings. The van der Waals surface area contributed by atoms with Crippen molar-refractivity contribution in [2.45, 2.75) is 55.0 Å². The Morgan fingerprint density at radius 2 is 2.07 bits per heavy atom. The van der Waals surface area contributed by atoms with Crippen LogP contribution in [0.25, 0.3) is 11.0 Å². The average Bonchev–Trinajstić information content (AvgIpc) is 3.36. The molecule has 0 radical (unpaired) electrons. The van der Waals surface area contributed by atoms with E-state index in [0.29, 0.717) is 36.8 Å². The second kappa shape index (κ2) is 8.52. The lowest BCUT2D eigenvalue weighted by molar-refractivity contribution is 0.445. The van der Waals surface area contributed by atoms with E-state index >= 15 is 0 Å². The summed E-state index contributed by atoms with van der Waals surface area (Å²) in [5.74, 6) is 2.91. The monoisotopic (exact) mass is 446 g/mol. The van der Waals surface area contributed by atoms with Crippen LogP contribution in [-0.2, 0) is 22.3 Å². The third kappa shape index (κ3) is 4.03. The van der Waals surface area contributed by atoms with Crippen LogP contribution in [-0.4, -0.2) is 50.5 Å². The Bertz CT molecular complexity index is 1160. The molecule has 1 N–H and O–H groups in total. The summed E-state index contributed by atoms with van der Waals surface area (Å²) in [6.07, 6.45) is 4.20. The normalized spacial score (nSPS) is 14.6. The Hall–Kier alpha value is -2.17. The van der Waals surface area contributed by atoms with Crippen LogP contribution in [0.3, 0.4) is 0 Å². The molecule has 4 rings (SSSR count). The van der Waals surface area contributed by atoms with Gasteiger partial charge in [0.25, 0.3) is 0 Å². The van der Waals surface area contributed by atoms with Crippen molar-refractivity contribution in [2.75, 3.05) is 13.1 Å². The van der Waals surface area contributed by atoms with Gasteiger partial charge < -0.3 is 9.55 Å². The number of imidazole rings is 1. The summed E-state index contributed by atoms with van der Waals surface area (Å²) in [7, 11) is -3.50. The maximum atomic E-state index is 12.8. The minimum atomic E-state index is -3.50. The fourth-order valence-electron chi connectivity index (χ4n) is 3.47. The van der Waals surface area contributed by atoms with Crippen LogP contribution in [0.15, 0.2) is 40.9 Å². The Kier molecular flexibility index (Phi) is 5.99. The molecule has 3 aromatic rings. The summed E-state index contributed by atoms with van der Waals surface area (Å²) in [5.41, 5.74) is 1.46. The van der Waals surface area contributed by atoms with E-state index in [0.717, 1.165) is 22.3 Å². The van der Waals surface area contributed by atoms with Gasteiger partial charge in [-0.25, -0.2) is 13.4 Å². The highest BCUT2D eigenvalue weighted by Crippen LogP contribution is 2.40. The van der Waals surface area contributed by atoms with E-state index in [2.05, 4.69) is 31.3 Å². The molecule has 1 aliphatic rings. The Balaban J connectivity index is 1.54. The van der Waals surface area contributed by atoms with Crippen molar-refractivity contribution in [3.05, 3.63) is 42.5 Å². The Morgan fingerprint density at radius 3 is 2.73 bits per heavy atom. The molecule has 1 aliphatic carbocycles. The van der Waals surface area contributed by atoms with Gasteiger partial charge in [-0.05, 0) is 31.0 Å². The van der Waals surface area contributed by atoms with Crippen molar-refractivity contribution >= 4 is 32.8 Å². The molecular weight excluding hydrogens is 420 g/mol. The van der Waals surface area contributed by atoms with Crippen molar-refractivity contribution in [1.82, 2.24) is 29.0 Å². The molecule has 30 heavy (non-hydrogen) atoms. The molecular formula is C20H26N6O2S2. The molecule has 0 aliphatic heterocycles. The highest BCUT2D eigenvalue weighted by molar-refractivity contribution is 7.98. The molecule has 0 unspecified atom stereocenters. The number of nitrogens with one attached hydrogen (secondary N) is 1. The van der Waals surface area contributed by atoms with Crippen molar-refractivity contribution in [3.8, 4) is 0 Å². The summed E-state index contributed by atoms with van der Waals surface area (Å²) < 4.78 is 29.1. The van der Waals surface area contributed by atoms with Crippen molar-refractivity contribution in [1.29, 1.82) is 0 Å². The summed E-state index contributed by atoms with van der Waals surface area (Å²) >= 11 is 1.56. The Morgan fingerprint density at radius 1 is 1.30 bits per heavy atom. The molecule has 1 saturated carbocycles. The van der Waals surface area contributed by atoms with Gasteiger partial charge in [-0.15, -0.1) is 16.8 Å². The lowest BCUT2D eigenvalue weighted by Gasteiger charge is -2.18. The first-order valence-electron chi connectivity index (χ1n) is 10.1. The third-order valence-corrected chi connectivity index (χ3v) is 8.21. The summed E-state index contributed by atoms with van der Waals surface area (Å²) in [5, 5.41) is 9.57. The minimum Gasteiger partial charge on any atom is -0.341 e. The van der Waals surface area contributed by atoms with Crippen molar-refractivity contribution < 1.29 is 8.42 Å². The number of fused-ring (bicyclic) bond motifs is 1. The zero-order valence-corrected chi connectivity index (χ0v) is 18.8. The highest BCUT2D eigenvalue weighted by atomic mass is 32.2. The molecule has 10 heteroatoms. The van der Waals surface area contributed by atoms with Gasteiger partial charge in [0.15, 0.2) is 5.16 Å². The first-order chi connectivity index (χ1) is 14.5. The summed E-state index contributed by atoms with van der Waals surface area (Å²) in [6.45, 7) is 9.09. The number of aromatic nitrogens is 5. The summed E-state index contributed by atoms with van der Waals surface area (Å²) in [6, 6.07) is 5.04. The average molecular weight is 447 g/mol. The number of nitrogens with zero attached hydrogens (tertiary/aromatic N) is 5. The molecule has 0 bridgehead atoms. The predicted molar refractivity (Wildman–Crippen MR) is 118 cm³/mol. The maximum Gasteiger partial charge on any atom is 0.243 e. The predicted octanol–water partition coefficient (Wildman–Crippen LogP) is 3.54. The maximum absolute atomic E-state index is 12.8. The van der Waals surface area contributed by atoms with Gasteiger partial charge in [0.1, 0.15) is 11.6 Å². The molecule has 160 valence electrons. The molecule has 0 atom stereocenters. The van der Waals surface area contributed by atoms with E-state index in [4.69, 9.17) is 0 Å². The van der Waals surface area contributed by atoms with E-state index in [1.807, 2.05) is 19.9 Å². The van der Waals surface area contributed by atoms with Crippen LogP contribution in [0.4, 0.5) is 0 Å². The number of H-pyrrole nitrogens is 1. The molecule has 2 heterocycles. The summed E-state index contributed by atoms with van der Waals surface area (Å²) in [4.78, 5) is 8.14. The van der Waals surface area contributed by atoms with Gasteiger partial charge in [-0.3, -0.25) is 0 Å². The van der Waals surface area contributed by atoms with Gasteiger partial charge in [-0.2, -0.15) is 4.31 Å². The van der Waals surface area contributed by atoms with Gasteiger partial charge in [0, 0.05) is 25.6 Å². The van der Waals surface area contributed by atoms with Crippen molar-refractivity contribution in [2.24, 2.45) is 0 Å². The van der Waals surface area contributed by atoms with Gasteiger partial charge >= 0.3 is 0 Å². The topological polar surface area (TPSA) is 96.8 Å². The standard InChI is InChI=1S/C20H26N6O2S2/c1-4-11-26-19(14-7-8-14)23-24-20(26)29-13-18-21-16-10-9-15(12-17(16)22-18)30(27,28)25(5-2)6-3/h4,9-10,12,14H,1,5-8,11,13H2,2-3H3,(H,21,22). The molecule has 0 spiro atoms. The molecule has 8 nitrogen and oxygen atoms in total. The van der Waals surface area contributed by atoms with Crippen LogP contribution in [0, 0.1) is 0 Å². The van der Waals surface area contributed by atoms with E-state index in [1.165, 1.54) is 17.1 Å². The number of allylic oxidation sites excluding steroid dienone is 1. The largest absolute Gasteiger partial charge is 0.341 e. The lowest BCUT2D eigenvalue weighted by atomic mass is 10.3. The number of hydrogen-bond donors (Lipinski definition) is 1. The van der Waals surface area contributed by atoms with Gasteiger partial charge in [0.05, 0.1) is 21.7 Å². The second-order valence-corrected chi connectivity index (χ2v) is 10.1. The van der Waals surface area contributed by atoms with E-state index in [-0.39, 0.29) is 4.90 Å². The number of sulfonamides is 1. The second-order valence-electron chi connectivity index (χ2n) is 7.25. The number of rotatable bonds is 10. The number of benzene rings is 1. The van der Waals surface area contributed by atoms with E-state index < -0.39 is 10.0 Å². The highest BCUT2D eigenvalue weighted by Gasteiger charge is 2.30. The zero-order chi connectivity index (χ0) is 21.3. The molecule has 1 aromatic carbocycles. The van der Waals surface area contributed by atoms with Crippen LogP contribution in [0.2, 0.25) is 0 Å². The van der Waals surface area contributed by atoms with Crippen LogP contribution >= 0.6 is 11.8 Å². The third-order valence-electron chi connectivity index (χ3n) is 5.18. The zero-order valence-electron chi connectivity index (χ0n) is 17.2. The van der Waals surface area contributed by atoms with E-state index in [1.54, 1.807) is 30.0 Å². The SMILES string of the molecule is C=CCn1c(SCc2nc3ccc(S(=O)(=O)N(CC)CC)cc3[nH]2)nnc1C1CC1. The first-order valence-corrected chi connectivity index (χ1v) is 12.6. The number of aromatic amines is 1. The lowest BCUT2D eigenvalue weighted by Crippen LogP contribution is -2.30. The molecule has 0 amide bonds. The smallest absolute Gasteiger partial charge is 0.243 e. The number of hydrogen-bond acceptors (Lipinski definition) is 6. The van der Waals surface area contributed by atoms with E-state index in [9.17, 15) is 8.42 Å². The Labute approximate surface area is 180 Å². The number of thioether (sulfide) groups is 1. The fourth-order valence-corrected chi connectivity index (χ4v) is 5.78.